The fourth-order valence-corrected chi connectivity index (χ4v) is 3.73. The van der Waals surface area contributed by atoms with Crippen LogP contribution in [0.3, 0.4) is 0 Å². The van der Waals surface area contributed by atoms with Gasteiger partial charge in [-0.25, -0.2) is 4.99 Å². The average molecular weight is 387 g/mol. The van der Waals surface area contributed by atoms with E-state index in [1.807, 2.05) is 12.2 Å². The molecular formula is C18H15BrN2O3. The lowest BCUT2D eigenvalue weighted by atomic mass is 9.77. The predicted molar refractivity (Wildman–Crippen MR) is 92.5 cm³/mol. The van der Waals surface area contributed by atoms with Gasteiger partial charge < -0.3 is 9.73 Å². The molecule has 0 bridgehead atoms. The Hall–Kier alpha value is -2.21. The highest BCUT2D eigenvalue weighted by atomic mass is 79.9. The minimum absolute atomic E-state index is 0.0110. The Morgan fingerprint density at radius 1 is 1.29 bits per heavy atom. The maximum absolute atomic E-state index is 12.3. The average Bonchev–Trinajstić information content (AvgIpc) is 3.02. The van der Waals surface area contributed by atoms with Gasteiger partial charge in [0.2, 0.25) is 0 Å². The molecule has 24 heavy (non-hydrogen) atoms. The van der Waals surface area contributed by atoms with Crippen LogP contribution in [0.2, 0.25) is 0 Å². The van der Waals surface area contributed by atoms with Gasteiger partial charge in [0.1, 0.15) is 0 Å². The van der Waals surface area contributed by atoms with E-state index < -0.39 is 5.91 Å². The van der Waals surface area contributed by atoms with E-state index in [0.29, 0.717) is 10.4 Å². The monoisotopic (exact) mass is 386 g/mol. The van der Waals surface area contributed by atoms with Crippen LogP contribution in [-0.2, 0) is 4.79 Å². The topological polar surface area (TPSA) is 71.7 Å². The van der Waals surface area contributed by atoms with Crippen LogP contribution in [0, 0.1) is 5.92 Å². The lowest BCUT2D eigenvalue weighted by molar-refractivity contribution is -0.117. The fraction of sp³-hybridized carbons (Fsp3) is 0.278. The summed E-state index contributed by atoms with van der Waals surface area (Å²) in [5.41, 5.74) is 3.46. The molecule has 1 N–H and O–H groups in total. The molecule has 0 spiro atoms. The summed E-state index contributed by atoms with van der Waals surface area (Å²) in [6, 6.07) is 3.22. The molecule has 2 heterocycles. The van der Waals surface area contributed by atoms with Gasteiger partial charge >= 0.3 is 5.91 Å². The number of carbonyl (C=O) groups is 2. The van der Waals surface area contributed by atoms with Gasteiger partial charge in [0.15, 0.2) is 10.4 Å². The normalized spacial score (nSPS) is 24.4. The molecule has 0 saturated heterocycles. The van der Waals surface area contributed by atoms with Gasteiger partial charge in [0, 0.05) is 17.2 Å². The van der Waals surface area contributed by atoms with Crippen LogP contribution in [-0.4, -0.2) is 17.5 Å². The second-order valence-corrected chi connectivity index (χ2v) is 6.83. The van der Waals surface area contributed by atoms with E-state index in [-0.39, 0.29) is 17.6 Å². The number of aliphatic imine (C=N–C) groups is 1. The van der Waals surface area contributed by atoms with E-state index in [1.54, 1.807) is 18.2 Å². The number of halogens is 1. The summed E-state index contributed by atoms with van der Waals surface area (Å²) in [7, 11) is 0. The molecule has 6 heteroatoms. The quantitative estimate of drug-likeness (QED) is 0.799. The van der Waals surface area contributed by atoms with Crippen LogP contribution in [0.5, 0.6) is 0 Å². The second kappa shape index (κ2) is 6.02. The van der Waals surface area contributed by atoms with Crippen molar-refractivity contribution in [2.24, 2.45) is 10.9 Å². The van der Waals surface area contributed by atoms with E-state index >= 15 is 0 Å². The fourth-order valence-electron chi connectivity index (χ4n) is 3.42. The number of fused-ring (bicyclic) bond motifs is 2. The number of hydrogen-bond donors (Lipinski definition) is 1. The minimum atomic E-state index is -0.449. The van der Waals surface area contributed by atoms with E-state index in [9.17, 15) is 9.59 Å². The molecule has 1 unspecified atom stereocenters. The van der Waals surface area contributed by atoms with E-state index in [4.69, 9.17) is 4.42 Å². The number of hydrogen-bond acceptors (Lipinski definition) is 3. The standard InChI is InChI=1S/C18H15BrN2O3/c19-16-8-7-15(24-16)18(23)20-10-5-6-12-11-3-1-2-4-13(11)17(22)21-14(12)9-10/h5-9,12H,1-4H2,(H,21,22). The lowest BCUT2D eigenvalue weighted by Gasteiger charge is -2.33. The maximum atomic E-state index is 12.3. The first-order valence-corrected chi connectivity index (χ1v) is 8.72. The van der Waals surface area contributed by atoms with E-state index in [1.165, 1.54) is 5.57 Å². The van der Waals surface area contributed by atoms with Crippen molar-refractivity contribution in [1.29, 1.82) is 0 Å². The molecular weight excluding hydrogens is 372 g/mol. The first-order valence-electron chi connectivity index (χ1n) is 7.93. The third kappa shape index (κ3) is 2.71. The third-order valence-electron chi connectivity index (χ3n) is 4.53. The Labute approximate surface area is 147 Å². The highest BCUT2D eigenvalue weighted by Crippen LogP contribution is 2.38. The van der Waals surface area contributed by atoms with Crippen LogP contribution in [0.15, 0.2) is 61.3 Å². The molecule has 0 radical (unpaired) electrons. The van der Waals surface area contributed by atoms with Crippen LogP contribution in [0.1, 0.15) is 36.2 Å². The van der Waals surface area contributed by atoms with Gasteiger partial charge in [0.25, 0.3) is 5.91 Å². The van der Waals surface area contributed by atoms with Crippen LogP contribution in [0.4, 0.5) is 0 Å². The van der Waals surface area contributed by atoms with Crippen molar-refractivity contribution in [3.05, 3.63) is 57.6 Å². The zero-order chi connectivity index (χ0) is 16.7. The number of furan rings is 1. The molecule has 0 fully saturated rings. The Kier molecular flexibility index (Phi) is 3.84. The molecule has 122 valence electrons. The van der Waals surface area contributed by atoms with Crippen molar-refractivity contribution in [2.75, 3.05) is 0 Å². The molecule has 0 aromatic carbocycles. The van der Waals surface area contributed by atoms with Crippen LogP contribution >= 0.6 is 15.9 Å². The SMILES string of the molecule is O=C1NC2=CC(=NC(=O)c3ccc(Br)o3)C=CC2C2=C1CCCC2. The summed E-state index contributed by atoms with van der Waals surface area (Å²) in [5.74, 6) is -0.184. The lowest BCUT2D eigenvalue weighted by Crippen LogP contribution is -2.37. The Bertz CT molecular complexity index is 857. The van der Waals surface area contributed by atoms with Crippen molar-refractivity contribution >= 4 is 33.5 Å². The molecule has 1 aromatic rings. The molecule has 2 amide bonds. The molecule has 1 aliphatic heterocycles. The highest BCUT2D eigenvalue weighted by molar-refractivity contribution is 9.10. The zero-order valence-electron chi connectivity index (χ0n) is 12.8. The number of carbonyl (C=O) groups excluding carboxylic acids is 2. The highest BCUT2D eigenvalue weighted by Gasteiger charge is 2.33. The van der Waals surface area contributed by atoms with Gasteiger partial charge in [-0.1, -0.05) is 6.08 Å². The molecule has 2 aliphatic carbocycles. The van der Waals surface area contributed by atoms with Crippen LogP contribution < -0.4 is 5.32 Å². The molecule has 3 aliphatic rings. The Balaban J connectivity index is 1.63. The van der Waals surface area contributed by atoms with Gasteiger partial charge in [-0.3, -0.25) is 9.59 Å². The van der Waals surface area contributed by atoms with E-state index in [2.05, 4.69) is 26.2 Å². The molecule has 1 atom stereocenters. The second-order valence-electron chi connectivity index (χ2n) is 6.05. The van der Waals surface area contributed by atoms with Crippen molar-refractivity contribution in [3.8, 4) is 0 Å². The number of rotatable bonds is 1. The molecule has 5 nitrogen and oxygen atoms in total. The predicted octanol–water partition coefficient (Wildman–Crippen LogP) is 3.69. The Morgan fingerprint density at radius 3 is 2.92 bits per heavy atom. The summed E-state index contributed by atoms with van der Waals surface area (Å²) < 4.78 is 5.71. The summed E-state index contributed by atoms with van der Waals surface area (Å²) >= 11 is 3.16. The van der Waals surface area contributed by atoms with Crippen molar-refractivity contribution in [2.45, 2.75) is 25.7 Å². The third-order valence-corrected chi connectivity index (χ3v) is 4.96. The van der Waals surface area contributed by atoms with Gasteiger partial charge in [-0.15, -0.1) is 0 Å². The van der Waals surface area contributed by atoms with Crippen LogP contribution in [0.25, 0.3) is 0 Å². The Morgan fingerprint density at radius 2 is 2.12 bits per heavy atom. The minimum Gasteiger partial charge on any atom is -0.444 e. The molecule has 4 rings (SSSR count). The van der Waals surface area contributed by atoms with Gasteiger partial charge in [-0.05, 0) is 71.5 Å². The summed E-state index contributed by atoms with van der Waals surface area (Å²) in [6.45, 7) is 0. The number of nitrogens with one attached hydrogen (secondary N) is 1. The van der Waals surface area contributed by atoms with Gasteiger partial charge in [-0.2, -0.15) is 0 Å². The first kappa shape index (κ1) is 15.3. The zero-order valence-corrected chi connectivity index (χ0v) is 14.4. The summed E-state index contributed by atoms with van der Waals surface area (Å²) in [4.78, 5) is 28.5. The summed E-state index contributed by atoms with van der Waals surface area (Å²) in [5, 5.41) is 2.95. The molecule has 0 saturated carbocycles. The number of nitrogens with zero attached hydrogens (tertiary/aromatic N) is 1. The van der Waals surface area contributed by atoms with E-state index in [0.717, 1.165) is 37.0 Å². The number of amides is 2. The largest absolute Gasteiger partial charge is 0.444 e. The van der Waals surface area contributed by atoms with Gasteiger partial charge in [0.05, 0.1) is 5.71 Å². The van der Waals surface area contributed by atoms with Crippen molar-refractivity contribution in [3.63, 3.8) is 0 Å². The van der Waals surface area contributed by atoms with Crippen molar-refractivity contribution in [1.82, 2.24) is 5.32 Å². The van der Waals surface area contributed by atoms with Crippen molar-refractivity contribution < 1.29 is 14.0 Å². The number of allylic oxidation sites excluding steroid dienone is 3. The smallest absolute Gasteiger partial charge is 0.313 e. The maximum Gasteiger partial charge on any atom is 0.313 e. The molecule has 1 aromatic heterocycles. The summed E-state index contributed by atoms with van der Waals surface area (Å²) in [6.07, 6.45) is 9.63. The first-order chi connectivity index (χ1) is 11.6.